The number of fused-ring (bicyclic) bond motifs is 1. The van der Waals surface area contributed by atoms with Crippen LogP contribution in [0.1, 0.15) is 11.1 Å². The number of nitrogens with one attached hydrogen (secondary N) is 2. The van der Waals surface area contributed by atoms with Gasteiger partial charge < -0.3 is 14.8 Å². The molecule has 0 saturated heterocycles. The topological polar surface area (TPSA) is 86.7 Å². The van der Waals surface area contributed by atoms with Crippen LogP contribution in [-0.2, 0) is 11.2 Å². The number of ether oxygens (including phenoxy) is 1. The number of aromatic amines is 1. The number of nitrogens with zero attached hydrogens (tertiary/aromatic N) is 1. The number of H-pyrrole nitrogens is 1. The van der Waals surface area contributed by atoms with Crippen molar-refractivity contribution >= 4 is 23.0 Å². The number of phenolic OH excluding ortho intramolecular Hbond substituents is 1. The molecule has 0 aliphatic heterocycles. The molecule has 3 aromatic rings. The molecule has 1 heterocycles. The van der Waals surface area contributed by atoms with Crippen LogP contribution in [0.5, 0.6) is 11.5 Å². The molecule has 24 heavy (non-hydrogen) atoms. The molecule has 0 fully saturated rings. The summed E-state index contributed by atoms with van der Waals surface area (Å²) in [6.45, 7) is 0. The molecule has 0 aliphatic rings. The zero-order valence-corrected chi connectivity index (χ0v) is 13.1. The zero-order valence-electron chi connectivity index (χ0n) is 13.1. The first-order valence-corrected chi connectivity index (χ1v) is 7.41. The average molecular weight is 323 g/mol. The smallest absolute Gasteiger partial charge is 0.244 e. The number of para-hydroxylation sites is 1. The third-order valence-corrected chi connectivity index (χ3v) is 3.65. The molecule has 0 saturated carbocycles. The second-order valence-electron chi connectivity index (χ2n) is 5.25. The molecule has 0 spiro atoms. The van der Waals surface area contributed by atoms with Crippen LogP contribution in [0.25, 0.3) is 10.9 Å². The Balaban J connectivity index is 1.65. The van der Waals surface area contributed by atoms with E-state index in [0.717, 1.165) is 16.5 Å². The maximum Gasteiger partial charge on any atom is 0.244 e. The van der Waals surface area contributed by atoms with Gasteiger partial charge in [-0.3, -0.25) is 4.79 Å². The first kappa shape index (κ1) is 15.6. The van der Waals surface area contributed by atoms with Crippen LogP contribution in [-0.4, -0.2) is 29.3 Å². The molecule has 122 valence electrons. The number of carbonyl (C=O) groups excluding carboxylic acids is 1. The number of amides is 1. The van der Waals surface area contributed by atoms with Gasteiger partial charge in [0.15, 0.2) is 0 Å². The number of methoxy groups -OCH3 is 1. The summed E-state index contributed by atoms with van der Waals surface area (Å²) in [6.07, 6.45) is 3.41. The van der Waals surface area contributed by atoms with Gasteiger partial charge in [-0.15, -0.1) is 0 Å². The zero-order chi connectivity index (χ0) is 16.9. The number of benzene rings is 2. The van der Waals surface area contributed by atoms with Crippen LogP contribution in [0, 0.1) is 0 Å². The molecule has 0 unspecified atom stereocenters. The second-order valence-corrected chi connectivity index (χ2v) is 5.25. The summed E-state index contributed by atoms with van der Waals surface area (Å²) in [7, 11) is 1.54. The van der Waals surface area contributed by atoms with Crippen LogP contribution in [0.2, 0.25) is 0 Å². The quantitative estimate of drug-likeness (QED) is 0.498. The van der Waals surface area contributed by atoms with Crippen molar-refractivity contribution in [1.82, 2.24) is 10.4 Å². The minimum atomic E-state index is -0.238. The number of rotatable bonds is 5. The number of carbonyl (C=O) groups is 1. The van der Waals surface area contributed by atoms with Crippen LogP contribution >= 0.6 is 0 Å². The molecule has 1 amide bonds. The van der Waals surface area contributed by atoms with E-state index < -0.39 is 0 Å². The number of hydrogen-bond donors (Lipinski definition) is 3. The van der Waals surface area contributed by atoms with Crippen molar-refractivity contribution < 1.29 is 14.6 Å². The van der Waals surface area contributed by atoms with Gasteiger partial charge in [0.2, 0.25) is 5.91 Å². The van der Waals surface area contributed by atoms with Gasteiger partial charge in [0, 0.05) is 22.7 Å². The predicted molar refractivity (Wildman–Crippen MR) is 92.4 cm³/mol. The van der Waals surface area contributed by atoms with Crippen molar-refractivity contribution in [2.24, 2.45) is 5.10 Å². The Hall–Kier alpha value is -3.28. The van der Waals surface area contributed by atoms with Crippen molar-refractivity contribution in [2.45, 2.75) is 6.42 Å². The number of hydrazone groups is 1. The maximum absolute atomic E-state index is 12.0. The normalized spacial score (nSPS) is 11.0. The molecule has 0 atom stereocenters. The summed E-state index contributed by atoms with van der Waals surface area (Å²) < 4.78 is 5.08. The first-order valence-electron chi connectivity index (χ1n) is 7.41. The van der Waals surface area contributed by atoms with Crippen molar-refractivity contribution in [3.05, 3.63) is 59.8 Å². The fourth-order valence-corrected chi connectivity index (χ4v) is 2.43. The van der Waals surface area contributed by atoms with E-state index in [2.05, 4.69) is 15.5 Å². The Bertz CT molecular complexity index is 899. The van der Waals surface area contributed by atoms with Crippen LogP contribution in [0.4, 0.5) is 0 Å². The molecule has 3 N–H and O–H groups in total. The third kappa shape index (κ3) is 3.38. The molecule has 0 aliphatic carbocycles. The van der Waals surface area contributed by atoms with E-state index in [1.807, 2.05) is 30.5 Å². The van der Waals surface area contributed by atoms with Gasteiger partial charge in [0.1, 0.15) is 11.5 Å². The Morgan fingerprint density at radius 1 is 1.33 bits per heavy atom. The number of aromatic nitrogens is 1. The summed E-state index contributed by atoms with van der Waals surface area (Å²) in [6, 6.07) is 12.6. The monoisotopic (exact) mass is 323 g/mol. The fraction of sp³-hybridized carbons (Fsp3) is 0.111. The summed E-state index contributed by atoms with van der Waals surface area (Å²) in [5.74, 6) is 0.420. The largest absolute Gasteiger partial charge is 0.507 e. The van der Waals surface area contributed by atoms with Crippen LogP contribution in [0.15, 0.2) is 53.8 Å². The molecule has 6 heteroatoms. The lowest BCUT2D eigenvalue weighted by Crippen LogP contribution is -2.19. The Morgan fingerprint density at radius 2 is 2.17 bits per heavy atom. The van der Waals surface area contributed by atoms with E-state index >= 15 is 0 Å². The van der Waals surface area contributed by atoms with Gasteiger partial charge >= 0.3 is 0 Å². The summed E-state index contributed by atoms with van der Waals surface area (Å²) >= 11 is 0. The predicted octanol–water partition coefficient (Wildman–Crippen LogP) is 2.57. The first-order chi connectivity index (χ1) is 11.7. The Kier molecular flexibility index (Phi) is 4.47. The highest BCUT2D eigenvalue weighted by molar-refractivity contribution is 5.90. The molecule has 0 bridgehead atoms. The molecular weight excluding hydrogens is 306 g/mol. The van der Waals surface area contributed by atoms with Gasteiger partial charge in [-0.25, -0.2) is 5.43 Å². The number of phenols is 1. The molecule has 3 rings (SSSR count). The van der Waals surface area contributed by atoms with Crippen molar-refractivity contribution in [3.8, 4) is 11.5 Å². The lowest BCUT2D eigenvalue weighted by Gasteiger charge is -2.03. The minimum absolute atomic E-state index is 0.0606. The second kappa shape index (κ2) is 6.87. The minimum Gasteiger partial charge on any atom is -0.507 e. The van der Waals surface area contributed by atoms with E-state index in [4.69, 9.17) is 4.74 Å². The highest BCUT2D eigenvalue weighted by Crippen LogP contribution is 2.21. The Labute approximate surface area is 138 Å². The lowest BCUT2D eigenvalue weighted by molar-refractivity contribution is -0.120. The molecule has 0 radical (unpaired) electrons. The van der Waals surface area contributed by atoms with E-state index in [1.165, 1.54) is 19.4 Å². The van der Waals surface area contributed by atoms with E-state index in [1.54, 1.807) is 12.1 Å². The van der Waals surface area contributed by atoms with E-state index in [-0.39, 0.29) is 18.1 Å². The van der Waals surface area contributed by atoms with Gasteiger partial charge in [0.25, 0.3) is 0 Å². The van der Waals surface area contributed by atoms with Gasteiger partial charge in [-0.05, 0) is 29.8 Å². The van der Waals surface area contributed by atoms with Gasteiger partial charge in [0.05, 0.1) is 19.7 Å². The number of aromatic hydroxyl groups is 1. The molecule has 6 nitrogen and oxygen atoms in total. The maximum atomic E-state index is 12.0. The van der Waals surface area contributed by atoms with Crippen LogP contribution in [0.3, 0.4) is 0 Å². The highest BCUT2D eigenvalue weighted by Gasteiger charge is 2.08. The summed E-state index contributed by atoms with van der Waals surface area (Å²) in [5, 5.41) is 14.7. The SMILES string of the molecule is COc1ccc(O)c(/C=N/NC(=O)Cc2c[nH]c3ccccc23)c1. The Morgan fingerprint density at radius 3 is 3.00 bits per heavy atom. The van der Waals surface area contributed by atoms with E-state index in [9.17, 15) is 9.90 Å². The highest BCUT2D eigenvalue weighted by atomic mass is 16.5. The average Bonchev–Trinajstić information content (AvgIpc) is 3.00. The van der Waals surface area contributed by atoms with Crippen molar-refractivity contribution in [1.29, 1.82) is 0 Å². The van der Waals surface area contributed by atoms with Crippen LogP contribution < -0.4 is 10.2 Å². The van der Waals surface area contributed by atoms with Gasteiger partial charge in [-0.2, -0.15) is 5.10 Å². The van der Waals surface area contributed by atoms with E-state index in [0.29, 0.717) is 11.3 Å². The molecule has 1 aromatic heterocycles. The van der Waals surface area contributed by atoms with Gasteiger partial charge in [-0.1, -0.05) is 18.2 Å². The third-order valence-electron chi connectivity index (χ3n) is 3.65. The molecule has 2 aromatic carbocycles. The molecular formula is C18H17N3O3. The lowest BCUT2D eigenvalue weighted by atomic mass is 10.1. The standard InChI is InChI=1S/C18H17N3O3/c1-24-14-6-7-17(22)13(8-14)11-20-21-18(23)9-12-10-19-16-5-3-2-4-15(12)16/h2-8,10-11,19,22H,9H2,1H3,(H,21,23)/b20-11+. The summed E-state index contributed by atoms with van der Waals surface area (Å²) in [5.41, 5.74) is 4.82. The summed E-state index contributed by atoms with van der Waals surface area (Å²) in [4.78, 5) is 15.2. The van der Waals surface area contributed by atoms with Crippen molar-refractivity contribution in [2.75, 3.05) is 7.11 Å². The van der Waals surface area contributed by atoms with Crippen molar-refractivity contribution in [3.63, 3.8) is 0 Å². The fourth-order valence-electron chi connectivity index (χ4n) is 2.43. The number of hydrogen-bond acceptors (Lipinski definition) is 4.